The number of rotatable bonds is 46. The molecule has 0 aliphatic carbocycles. The molecule has 0 spiro atoms. The van der Waals surface area contributed by atoms with Crippen molar-refractivity contribution in [1.29, 1.82) is 0 Å². The molecule has 0 aromatic heterocycles. The van der Waals surface area contributed by atoms with Crippen molar-refractivity contribution >= 4 is 11.9 Å². The summed E-state index contributed by atoms with van der Waals surface area (Å²) >= 11 is 0. The first-order valence-corrected chi connectivity index (χ1v) is 25.9. The molecule has 0 fully saturated rings. The average Bonchev–Trinajstić information content (AvgIpc) is 3.24. The maximum atomic E-state index is 13.2. The highest BCUT2D eigenvalue weighted by molar-refractivity contribution is 5.77. The zero-order valence-electron chi connectivity index (χ0n) is 39.8. The van der Waals surface area contributed by atoms with Crippen LogP contribution in [0.5, 0.6) is 0 Å². The topological polar surface area (TPSA) is 95.9 Å². The van der Waals surface area contributed by atoms with E-state index in [1.54, 1.807) is 0 Å². The summed E-state index contributed by atoms with van der Waals surface area (Å²) < 4.78 is 5.92. The van der Waals surface area contributed by atoms with Crippen LogP contribution < -0.4 is 5.32 Å². The summed E-state index contributed by atoms with van der Waals surface area (Å²) in [6.45, 7) is 6.35. The van der Waals surface area contributed by atoms with Crippen LogP contribution in [0, 0.1) is 0 Å². The van der Waals surface area contributed by atoms with E-state index in [1.807, 2.05) is 0 Å². The largest absolute Gasteiger partial charge is 0.462 e. The normalized spacial score (nSPS) is 13.6. The van der Waals surface area contributed by atoms with E-state index in [4.69, 9.17) is 4.74 Å². The molecule has 3 N–H and O–H groups in total. The Bertz CT molecular complexity index is 1040. The molecular formula is C54H99NO5. The van der Waals surface area contributed by atoms with Gasteiger partial charge in [0.1, 0.15) is 6.10 Å². The molecule has 3 atom stereocenters. The fraction of sp³-hybridized carbons (Fsp3) is 0.815. The number of carbonyl (C=O) groups is 2. The van der Waals surface area contributed by atoms with Gasteiger partial charge in [-0.25, -0.2) is 0 Å². The monoisotopic (exact) mass is 842 g/mol. The van der Waals surface area contributed by atoms with Gasteiger partial charge in [-0.05, 0) is 70.6 Å². The van der Waals surface area contributed by atoms with Gasteiger partial charge in [-0.2, -0.15) is 0 Å². The van der Waals surface area contributed by atoms with E-state index in [0.717, 1.165) is 83.5 Å². The van der Waals surface area contributed by atoms with Gasteiger partial charge in [-0.1, -0.05) is 223 Å². The number of ether oxygens (including phenoxy) is 1. The van der Waals surface area contributed by atoms with Crippen LogP contribution in [0.4, 0.5) is 0 Å². The van der Waals surface area contributed by atoms with Crippen molar-refractivity contribution < 1.29 is 24.5 Å². The number of hydrogen-bond acceptors (Lipinski definition) is 5. The molecule has 0 heterocycles. The van der Waals surface area contributed by atoms with Gasteiger partial charge in [0.2, 0.25) is 5.91 Å². The highest BCUT2D eigenvalue weighted by atomic mass is 16.5. The molecule has 0 bridgehead atoms. The third-order valence-electron chi connectivity index (χ3n) is 11.7. The number of esters is 1. The third kappa shape index (κ3) is 42.5. The van der Waals surface area contributed by atoms with Crippen LogP contribution in [0.25, 0.3) is 0 Å². The Labute approximate surface area is 372 Å². The van der Waals surface area contributed by atoms with Crippen LogP contribution in [0.15, 0.2) is 48.6 Å². The Morgan fingerprint density at radius 3 is 1.42 bits per heavy atom. The summed E-state index contributed by atoms with van der Waals surface area (Å²) in [5.41, 5.74) is 0. The van der Waals surface area contributed by atoms with Crippen molar-refractivity contribution in [2.24, 2.45) is 0 Å². The molecule has 0 saturated heterocycles. The van der Waals surface area contributed by atoms with E-state index in [-0.39, 0.29) is 24.9 Å². The minimum atomic E-state index is -0.792. The molecule has 350 valence electrons. The molecule has 60 heavy (non-hydrogen) atoms. The van der Waals surface area contributed by atoms with Gasteiger partial charge in [0.15, 0.2) is 0 Å². The van der Waals surface area contributed by atoms with Gasteiger partial charge in [0, 0.05) is 6.42 Å². The second-order valence-electron chi connectivity index (χ2n) is 17.6. The van der Waals surface area contributed by atoms with Crippen LogP contribution in [0.2, 0.25) is 0 Å². The zero-order chi connectivity index (χ0) is 43.8. The third-order valence-corrected chi connectivity index (χ3v) is 11.7. The zero-order valence-corrected chi connectivity index (χ0v) is 39.8. The standard InChI is InChI=1S/C54H99NO5/c1-4-7-10-13-16-19-22-25-27-29-32-35-38-41-44-47-54(59)60-50(45-42-39-36-33-30-28-26-23-20-17-14-11-8-5-2)48-53(58)55-51(49-56)52(57)46-43-40-37-34-31-24-21-18-15-12-9-6-3/h7,10,13,16,19,22,28,30,50-52,56-57H,4-6,8-9,11-12,14-15,17-18,20-21,23-27,29,31-49H2,1-3H3,(H,55,58)/b10-7+,16-13+,22-19+,30-28+. The molecule has 0 aromatic rings. The lowest BCUT2D eigenvalue weighted by atomic mass is 10.0. The van der Waals surface area contributed by atoms with Crippen LogP contribution in [0.1, 0.15) is 258 Å². The van der Waals surface area contributed by atoms with Crippen LogP contribution in [-0.2, 0) is 14.3 Å². The van der Waals surface area contributed by atoms with Crippen molar-refractivity contribution in [2.75, 3.05) is 6.61 Å². The van der Waals surface area contributed by atoms with E-state index < -0.39 is 18.2 Å². The summed E-state index contributed by atoms with van der Waals surface area (Å²) in [7, 11) is 0. The minimum Gasteiger partial charge on any atom is -0.462 e. The Balaban J connectivity index is 4.61. The summed E-state index contributed by atoms with van der Waals surface area (Å²) in [5, 5.41) is 23.8. The van der Waals surface area contributed by atoms with Crippen LogP contribution in [0.3, 0.4) is 0 Å². The summed E-state index contributed by atoms with van der Waals surface area (Å²) in [5.74, 6) is -0.497. The molecule has 0 radical (unpaired) electrons. The number of carbonyl (C=O) groups excluding carboxylic acids is 2. The maximum absolute atomic E-state index is 13.2. The number of aliphatic hydroxyl groups is 2. The molecule has 0 rings (SSSR count). The highest BCUT2D eigenvalue weighted by Gasteiger charge is 2.24. The summed E-state index contributed by atoms with van der Waals surface area (Å²) in [6, 6.07) is -0.707. The average molecular weight is 842 g/mol. The first kappa shape index (κ1) is 57.8. The number of nitrogens with one attached hydrogen (secondary N) is 1. The van der Waals surface area contributed by atoms with E-state index in [0.29, 0.717) is 19.3 Å². The SMILES string of the molecule is CC/C=C/C=C/C=C/CCCCCCCCCC(=O)OC(CCCCC/C=C/CCCCCCCCC)CC(=O)NC(CO)C(O)CCCCCCCCCCCCCC. The minimum absolute atomic E-state index is 0.0628. The van der Waals surface area contributed by atoms with Crippen molar-refractivity contribution in [3.05, 3.63) is 48.6 Å². The Morgan fingerprint density at radius 2 is 0.917 bits per heavy atom. The van der Waals surface area contributed by atoms with Gasteiger partial charge in [0.05, 0.1) is 25.2 Å². The smallest absolute Gasteiger partial charge is 0.306 e. The van der Waals surface area contributed by atoms with Crippen molar-refractivity contribution in [3.8, 4) is 0 Å². The Hall–Kier alpha value is -2.18. The number of allylic oxidation sites excluding steroid dienone is 8. The van der Waals surface area contributed by atoms with Gasteiger partial charge < -0.3 is 20.3 Å². The summed E-state index contributed by atoms with van der Waals surface area (Å²) in [6.07, 6.45) is 57.4. The second-order valence-corrected chi connectivity index (χ2v) is 17.6. The molecule has 0 saturated carbocycles. The molecule has 0 aliphatic rings. The van der Waals surface area contributed by atoms with E-state index in [1.165, 1.54) is 128 Å². The first-order valence-electron chi connectivity index (χ1n) is 25.9. The number of aliphatic hydroxyl groups excluding tert-OH is 2. The van der Waals surface area contributed by atoms with Gasteiger partial charge in [0.25, 0.3) is 0 Å². The van der Waals surface area contributed by atoms with Gasteiger partial charge >= 0.3 is 5.97 Å². The quantitative estimate of drug-likeness (QED) is 0.0246. The lowest BCUT2D eigenvalue weighted by Gasteiger charge is -2.24. The van der Waals surface area contributed by atoms with E-state index in [9.17, 15) is 19.8 Å². The van der Waals surface area contributed by atoms with Gasteiger partial charge in [-0.3, -0.25) is 9.59 Å². The van der Waals surface area contributed by atoms with E-state index in [2.05, 4.69) is 74.7 Å². The fourth-order valence-electron chi connectivity index (χ4n) is 7.78. The van der Waals surface area contributed by atoms with Gasteiger partial charge in [-0.15, -0.1) is 0 Å². The number of amides is 1. The van der Waals surface area contributed by atoms with Crippen molar-refractivity contribution in [2.45, 2.75) is 277 Å². The lowest BCUT2D eigenvalue weighted by molar-refractivity contribution is -0.151. The fourth-order valence-corrected chi connectivity index (χ4v) is 7.78. The Morgan fingerprint density at radius 1 is 0.500 bits per heavy atom. The van der Waals surface area contributed by atoms with Crippen LogP contribution in [-0.4, -0.2) is 46.9 Å². The van der Waals surface area contributed by atoms with E-state index >= 15 is 0 Å². The highest BCUT2D eigenvalue weighted by Crippen LogP contribution is 2.18. The lowest BCUT2D eigenvalue weighted by Crippen LogP contribution is -2.46. The maximum Gasteiger partial charge on any atom is 0.306 e. The Kier molecular flexibility index (Phi) is 46.1. The molecular weight excluding hydrogens is 743 g/mol. The molecule has 3 unspecified atom stereocenters. The first-order chi connectivity index (χ1) is 29.5. The molecule has 6 nitrogen and oxygen atoms in total. The van der Waals surface area contributed by atoms with Crippen LogP contribution >= 0.6 is 0 Å². The summed E-state index contributed by atoms with van der Waals surface area (Å²) in [4.78, 5) is 26.1. The van der Waals surface area contributed by atoms with Crippen molar-refractivity contribution in [1.82, 2.24) is 5.32 Å². The van der Waals surface area contributed by atoms with Crippen molar-refractivity contribution in [3.63, 3.8) is 0 Å². The molecule has 0 aromatic carbocycles. The molecule has 1 amide bonds. The molecule has 0 aliphatic heterocycles. The molecule has 6 heteroatoms. The predicted octanol–water partition coefficient (Wildman–Crippen LogP) is 15.5. The number of unbranched alkanes of at least 4 members (excludes halogenated alkanes) is 28. The second kappa shape index (κ2) is 47.9. The predicted molar refractivity (Wildman–Crippen MR) is 259 cm³/mol. The number of hydrogen-bond donors (Lipinski definition) is 3.